The quantitative estimate of drug-likeness (QED) is 0.431. The van der Waals surface area contributed by atoms with E-state index in [0.29, 0.717) is 5.13 Å². The number of aryl methyl sites for hydroxylation is 1. The number of hydrazone groups is 1. The molecule has 0 bridgehead atoms. The second-order valence-electron chi connectivity index (χ2n) is 5.51. The minimum absolute atomic E-state index is 0.180. The zero-order valence-electron chi connectivity index (χ0n) is 13.8. The van der Waals surface area contributed by atoms with E-state index in [2.05, 4.69) is 26.0 Å². The van der Waals surface area contributed by atoms with Crippen LogP contribution in [0.4, 0.5) is 5.13 Å². The highest BCUT2D eigenvalue weighted by atomic mass is 79.9. The van der Waals surface area contributed by atoms with E-state index in [0.717, 1.165) is 26.9 Å². The third-order valence-corrected chi connectivity index (χ3v) is 4.82. The van der Waals surface area contributed by atoms with E-state index >= 15 is 0 Å². The lowest BCUT2D eigenvalue weighted by atomic mass is 10.2. The molecule has 0 fully saturated rings. The highest BCUT2D eigenvalue weighted by molar-refractivity contribution is 9.10. The summed E-state index contributed by atoms with van der Waals surface area (Å²) in [6, 6.07) is 15.8. The van der Waals surface area contributed by atoms with Crippen molar-refractivity contribution in [2.45, 2.75) is 13.8 Å². The summed E-state index contributed by atoms with van der Waals surface area (Å²) in [5.41, 5.74) is 3.91. The largest absolute Gasteiger partial charge is 0.273 e. The van der Waals surface area contributed by atoms with Gasteiger partial charge in [-0.05, 0) is 24.6 Å². The summed E-state index contributed by atoms with van der Waals surface area (Å²) in [7, 11) is 0. The Labute approximate surface area is 159 Å². The number of halogens is 1. The zero-order valence-corrected chi connectivity index (χ0v) is 16.2. The second kappa shape index (κ2) is 7.72. The highest BCUT2D eigenvalue weighted by Crippen LogP contribution is 2.28. The van der Waals surface area contributed by atoms with Gasteiger partial charge in [-0.2, -0.15) is 10.1 Å². The number of thiazole rings is 1. The number of anilines is 1. The van der Waals surface area contributed by atoms with Gasteiger partial charge in [0.15, 0.2) is 0 Å². The number of nitrogens with zero attached hydrogens (tertiary/aromatic N) is 3. The molecule has 0 aliphatic heterocycles. The lowest BCUT2D eigenvalue weighted by molar-refractivity contribution is -0.116. The van der Waals surface area contributed by atoms with Crippen molar-refractivity contribution in [3.8, 4) is 11.3 Å². The van der Waals surface area contributed by atoms with Crippen molar-refractivity contribution in [1.29, 1.82) is 0 Å². The number of carbonyl (C=O) groups excluding carboxylic acids is 1. The minimum atomic E-state index is -0.180. The highest BCUT2D eigenvalue weighted by Gasteiger charge is 2.15. The van der Waals surface area contributed by atoms with E-state index in [4.69, 9.17) is 0 Å². The summed E-state index contributed by atoms with van der Waals surface area (Å²) in [6.07, 6.45) is 1.68. The SMILES string of the molecule is CC(=O)N(/N=C\c1cccc(C)c1)c1nc(-c2ccc(Br)cc2)cs1. The van der Waals surface area contributed by atoms with Gasteiger partial charge in [-0.3, -0.25) is 4.79 Å². The molecule has 1 amide bonds. The fourth-order valence-corrected chi connectivity index (χ4v) is 3.35. The van der Waals surface area contributed by atoms with Gasteiger partial charge in [0, 0.05) is 22.3 Å². The second-order valence-corrected chi connectivity index (χ2v) is 7.26. The number of rotatable bonds is 4. The van der Waals surface area contributed by atoms with E-state index in [1.165, 1.54) is 23.3 Å². The molecular formula is C19H16BrN3OS. The van der Waals surface area contributed by atoms with Crippen LogP contribution < -0.4 is 5.01 Å². The predicted octanol–water partition coefficient (Wildman–Crippen LogP) is 5.27. The van der Waals surface area contributed by atoms with Crippen molar-refractivity contribution in [3.05, 3.63) is 69.5 Å². The molecule has 0 aliphatic carbocycles. The molecule has 4 nitrogen and oxygen atoms in total. The first-order chi connectivity index (χ1) is 12.0. The van der Waals surface area contributed by atoms with Gasteiger partial charge < -0.3 is 0 Å². The number of hydrogen-bond acceptors (Lipinski definition) is 4. The van der Waals surface area contributed by atoms with Gasteiger partial charge in [0.25, 0.3) is 0 Å². The first-order valence-electron chi connectivity index (χ1n) is 7.66. The molecule has 25 heavy (non-hydrogen) atoms. The van der Waals surface area contributed by atoms with Gasteiger partial charge in [-0.1, -0.05) is 57.9 Å². The Morgan fingerprint density at radius 2 is 2.00 bits per heavy atom. The molecule has 2 aromatic carbocycles. The van der Waals surface area contributed by atoms with Crippen LogP contribution in [-0.2, 0) is 4.79 Å². The van der Waals surface area contributed by atoms with E-state index in [1.807, 2.05) is 60.8 Å². The molecule has 0 radical (unpaired) electrons. The Kier molecular flexibility index (Phi) is 5.40. The summed E-state index contributed by atoms with van der Waals surface area (Å²) in [5.74, 6) is -0.180. The summed E-state index contributed by atoms with van der Waals surface area (Å²) in [5, 5.41) is 8.13. The third kappa shape index (κ3) is 4.41. The van der Waals surface area contributed by atoms with E-state index < -0.39 is 0 Å². The van der Waals surface area contributed by atoms with E-state index in [-0.39, 0.29) is 5.91 Å². The molecule has 0 aliphatic rings. The molecule has 0 spiro atoms. The van der Waals surface area contributed by atoms with Crippen LogP contribution in [0, 0.1) is 6.92 Å². The standard InChI is InChI=1S/C19H16BrN3OS/c1-13-4-3-5-15(10-13)11-21-23(14(2)24)19-22-18(12-25-19)16-6-8-17(20)9-7-16/h3-12H,1-2H3/b21-11-. The molecule has 3 rings (SSSR count). The molecule has 0 atom stereocenters. The van der Waals surface area contributed by atoms with Gasteiger partial charge in [-0.15, -0.1) is 11.3 Å². The van der Waals surface area contributed by atoms with Gasteiger partial charge in [0.2, 0.25) is 11.0 Å². The maximum absolute atomic E-state index is 12.0. The van der Waals surface area contributed by atoms with Crippen LogP contribution in [0.3, 0.4) is 0 Å². The number of carbonyl (C=O) groups is 1. The van der Waals surface area contributed by atoms with Crippen molar-refractivity contribution in [2.24, 2.45) is 5.10 Å². The number of aromatic nitrogens is 1. The molecule has 0 saturated heterocycles. The maximum Gasteiger partial charge on any atom is 0.246 e. The summed E-state index contributed by atoms with van der Waals surface area (Å²) in [6.45, 7) is 3.50. The van der Waals surface area contributed by atoms with Crippen LogP contribution in [-0.4, -0.2) is 17.1 Å². The Hall–Kier alpha value is -2.31. The molecule has 0 unspecified atom stereocenters. The predicted molar refractivity (Wildman–Crippen MR) is 107 cm³/mol. The maximum atomic E-state index is 12.0. The molecule has 126 valence electrons. The monoisotopic (exact) mass is 413 g/mol. The molecule has 3 aromatic rings. The normalized spacial score (nSPS) is 11.0. The fraction of sp³-hybridized carbons (Fsp3) is 0.105. The van der Waals surface area contributed by atoms with Crippen LogP contribution in [0.2, 0.25) is 0 Å². The summed E-state index contributed by atoms with van der Waals surface area (Å²) >= 11 is 4.82. The van der Waals surface area contributed by atoms with Crippen LogP contribution in [0.25, 0.3) is 11.3 Å². The third-order valence-electron chi connectivity index (χ3n) is 3.48. The number of benzene rings is 2. The van der Waals surface area contributed by atoms with Crippen LogP contribution >= 0.6 is 27.3 Å². The Balaban J connectivity index is 1.86. The number of hydrogen-bond donors (Lipinski definition) is 0. The van der Waals surface area contributed by atoms with Crippen LogP contribution in [0.1, 0.15) is 18.1 Å². The van der Waals surface area contributed by atoms with Crippen molar-refractivity contribution >= 4 is 44.5 Å². The van der Waals surface area contributed by atoms with Crippen molar-refractivity contribution in [1.82, 2.24) is 4.98 Å². The van der Waals surface area contributed by atoms with Crippen molar-refractivity contribution in [3.63, 3.8) is 0 Å². The molecular weight excluding hydrogens is 398 g/mol. The lowest BCUT2D eigenvalue weighted by Crippen LogP contribution is -2.22. The minimum Gasteiger partial charge on any atom is -0.273 e. The van der Waals surface area contributed by atoms with Crippen molar-refractivity contribution in [2.75, 3.05) is 5.01 Å². The summed E-state index contributed by atoms with van der Waals surface area (Å²) in [4.78, 5) is 16.6. The van der Waals surface area contributed by atoms with Gasteiger partial charge in [-0.25, -0.2) is 4.98 Å². The smallest absolute Gasteiger partial charge is 0.246 e. The van der Waals surface area contributed by atoms with E-state index in [1.54, 1.807) is 6.21 Å². The van der Waals surface area contributed by atoms with Crippen LogP contribution in [0.15, 0.2) is 63.5 Å². The molecule has 1 aromatic heterocycles. The topological polar surface area (TPSA) is 45.6 Å². The average Bonchev–Trinajstić information content (AvgIpc) is 3.05. The van der Waals surface area contributed by atoms with E-state index in [9.17, 15) is 4.79 Å². The first kappa shape index (κ1) is 17.5. The molecule has 0 saturated carbocycles. The van der Waals surface area contributed by atoms with Crippen LogP contribution in [0.5, 0.6) is 0 Å². The summed E-state index contributed by atoms with van der Waals surface area (Å²) < 4.78 is 1.01. The fourth-order valence-electron chi connectivity index (χ4n) is 2.25. The van der Waals surface area contributed by atoms with Gasteiger partial charge in [0.05, 0.1) is 11.9 Å². The van der Waals surface area contributed by atoms with Gasteiger partial charge in [0.1, 0.15) is 0 Å². The number of amides is 1. The van der Waals surface area contributed by atoms with Gasteiger partial charge >= 0.3 is 0 Å². The lowest BCUT2D eigenvalue weighted by Gasteiger charge is -2.10. The molecule has 0 N–H and O–H groups in total. The molecule has 6 heteroatoms. The Morgan fingerprint density at radius 3 is 2.68 bits per heavy atom. The Morgan fingerprint density at radius 1 is 1.24 bits per heavy atom. The molecule has 1 heterocycles. The Bertz CT molecular complexity index is 918. The first-order valence-corrected chi connectivity index (χ1v) is 9.33. The zero-order chi connectivity index (χ0) is 17.8. The van der Waals surface area contributed by atoms with Crippen molar-refractivity contribution < 1.29 is 4.79 Å². The average molecular weight is 414 g/mol.